The summed E-state index contributed by atoms with van der Waals surface area (Å²) in [6, 6.07) is 17.2. The number of imidazole rings is 2. The predicted molar refractivity (Wildman–Crippen MR) is 119 cm³/mol. The number of rotatable bonds is 4. The Hall–Kier alpha value is -3.73. The van der Waals surface area contributed by atoms with Crippen LogP contribution in [0, 0.1) is 13.8 Å². The summed E-state index contributed by atoms with van der Waals surface area (Å²) in [5.74, 6) is 0.753. The highest BCUT2D eigenvalue weighted by Crippen LogP contribution is 2.29. The zero-order valence-electron chi connectivity index (χ0n) is 17.3. The van der Waals surface area contributed by atoms with E-state index in [0.717, 1.165) is 28.5 Å². The number of nitrogens with zero attached hydrogens (tertiary/aromatic N) is 4. The molecule has 0 spiro atoms. The lowest BCUT2D eigenvalue weighted by Gasteiger charge is -2.14. The number of aryl methyl sites for hydroxylation is 2. The van der Waals surface area contributed by atoms with Gasteiger partial charge in [0.05, 0.1) is 30.0 Å². The van der Waals surface area contributed by atoms with Gasteiger partial charge >= 0.3 is 0 Å². The van der Waals surface area contributed by atoms with Gasteiger partial charge < -0.3 is 9.55 Å². The Morgan fingerprint density at radius 2 is 1.57 bits per heavy atom. The fraction of sp³-hybridized carbons (Fsp3) is 0.160. The van der Waals surface area contributed by atoms with Crippen LogP contribution in [-0.2, 0) is 0 Å². The van der Waals surface area contributed by atoms with Crippen LogP contribution in [0.3, 0.4) is 0 Å². The Morgan fingerprint density at radius 3 is 2.30 bits per heavy atom. The minimum Gasteiger partial charge on any atom is -0.347 e. The molecule has 3 aromatic rings. The molecule has 0 fully saturated rings. The van der Waals surface area contributed by atoms with E-state index in [1.54, 1.807) is 6.33 Å². The molecule has 1 aromatic heterocycles. The molecule has 2 aliphatic rings. The van der Waals surface area contributed by atoms with Crippen LogP contribution in [0.15, 0.2) is 73.4 Å². The molecular formula is C25H23N5. The van der Waals surface area contributed by atoms with Crippen LogP contribution in [0.5, 0.6) is 0 Å². The molecule has 5 rings (SSSR count). The second-order valence-electron chi connectivity index (χ2n) is 7.77. The van der Waals surface area contributed by atoms with Crippen molar-refractivity contribution in [1.29, 1.82) is 0 Å². The smallest absolute Gasteiger partial charge is 0.160 e. The minimum atomic E-state index is 0.147. The van der Waals surface area contributed by atoms with Gasteiger partial charge in [0.25, 0.3) is 0 Å². The topological polar surface area (TPSA) is 59.4 Å². The molecule has 1 unspecified atom stereocenters. The molecule has 2 aliphatic heterocycles. The number of aromatic amines is 1. The van der Waals surface area contributed by atoms with Crippen molar-refractivity contribution in [1.82, 2.24) is 24.5 Å². The largest absolute Gasteiger partial charge is 0.347 e. The maximum atomic E-state index is 4.78. The molecule has 0 aliphatic carbocycles. The number of nitrogens with one attached hydrogen (secondary N) is 1. The van der Waals surface area contributed by atoms with Gasteiger partial charge in [0, 0.05) is 18.0 Å². The highest BCUT2D eigenvalue weighted by Gasteiger charge is 2.15. The Balaban J connectivity index is 1.45. The van der Waals surface area contributed by atoms with Gasteiger partial charge in [-0.1, -0.05) is 42.5 Å². The number of H-pyrrole nitrogens is 1. The average Bonchev–Trinajstić information content (AvgIpc) is 3.45. The van der Waals surface area contributed by atoms with Gasteiger partial charge in [0.1, 0.15) is 5.69 Å². The first-order valence-electron chi connectivity index (χ1n) is 10.1. The summed E-state index contributed by atoms with van der Waals surface area (Å²) in [5, 5.41) is 0. The number of pyridine rings is 1. The van der Waals surface area contributed by atoms with Crippen LogP contribution < -0.4 is 0 Å². The fourth-order valence-corrected chi connectivity index (χ4v) is 3.68. The Morgan fingerprint density at radius 1 is 0.833 bits per heavy atom. The van der Waals surface area contributed by atoms with Gasteiger partial charge in [-0.15, -0.1) is 0 Å². The first kappa shape index (κ1) is 18.3. The molecule has 1 N–H and O–H groups in total. The standard InChI is InChI=1S/C25H23N5/c1-16-4-5-21(12-17(16)2)19-6-8-20(9-7-19)25-28-22-10-11-30(14-24(22)29-25)18(3)23-13-26-15-27-23/h4-15,18H,1-3H3,(H,26,27). The van der Waals surface area contributed by atoms with Crippen LogP contribution in [-0.4, -0.2) is 24.5 Å². The molecule has 0 radical (unpaired) electrons. The lowest BCUT2D eigenvalue weighted by atomic mass is 9.99. The second kappa shape index (κ2) is 7.26. The molecule has 0 saturated carbocycles. The zero-order valence-corrected chi connectivity index (χ0v) is 17.3. The van der Waals surface area contributed by atoms with Crippen molar-refractivity contribution in [2.45, 2.75) is 26.8 Å². The molecule has 0 saturated heterocycles. The van der Waals surface area contributed by atoms with E-state index in [1.165, 1.54) is 22.3 Å². The van der Waals surface area contributed by atoms with Gasteiger partial charge in [-0.3, -0.25) is 0 Å². The monoisotopic (exact) mass is 393 g/mol. The SMILES string of the molecule is Cc1ccc(-c2ccc(-c3nc4ccn(C(C)c5cnc[nH]5)cc-4n3)cc2)cc1C. The molecule has 0 amide bonds. The Kier molecular flexibility index (Phi) is 4.43. The highest BCUT2D eigenvalue weighted by molar-refractivity contribution is 5.71. The third-order valence-corrected chi connectivity index (χ3v) is 5.79. The summed E-state index contributed by atoms with van der Waals surface area (Å²) in [7, 11) is 0. The third kappa shape index (κ3) is 3.28. The number of hydrogen-bond donors (Lipinski definition) is 1. The van der Waals surface area contributed by atoms with Gasteiger partial charge in [-0.05, 0) is 49.1 Å². The summed E-state index contributed by atoms with van der Waals surface area (Å²) < 4.78 is 2.12. The number of benzene rings is 2. The van der Waals surface area contributed by atoms with E-state index in [9.17, 15) is 0 Å². The molecule has 2 aromatic carbocycles. The normalized spacial score (nSPS) is 12.4. The summed E-state index contributed by atoms with van der Waals surface area (Å²) in [4.78, 5) is 16.8. The number of fused-ring (bicyclic) bond motifs is 1. The van der Waals surface area contributed by atoms with Crippen LogP contribution in [0.1, 0.15) is 29.8 Å². The van der Waals surface area contributed by atoms with Crippen molar-refractivity contribution in [2.24, 2.45) is 0 Å². The van der Waals surface area contributed by atoms with Crippen LogP contribution in [0.25, 0.3) is 33.9 Å². The molecular weight excluding hydrogens is 370 g/mol. The van der Waals surface area contributed by atoms with E-state index in [2.05, 4.69) is 77.8 Å². The van der Waals surface area contributed by atoms with E-state index in [0.29, 0.717) is 0 Å². The number of hydrogen-bond acceptors (Lipinski definition) is 3. The summed E-state index contributed by atoms with van der Waals surface area (Å²) >= 11 is 0. The van der Waals surface area contributed by atoms with E-state index in [-0.39, 0.29) is 6.04 Å². The van der Waals surface area contributed by atoms with Crippen molar-refractivity contribution < 1.29 is 0 Å². The van der Waals surface area contributed by atoms with Crippen LogP contribution >= 0.6 is 0 Å². The quantitative estimate of drug-likeness (QED) is 0.428. The van der Waals surface area contributed by atoms with E-state index < -0.39 is 0 Å². The lowest BCUT2D eigenvalue weighted by molar-refractivity contribution is 0.619. The molecule has 30 heavy (non-hydrogen) atoms. The molecule has 5 nitrogen and oxygen atoms in total. The number of aromatic nitrogens is 5. The third-order valence-electron chi connectivity index (χ3n) is 5.79. The van der Waals surface area contributed by atoms with Crippen molar-refractivity contribution in [3.8, 4) is 33.9 Å². The predicted octanol–water partition coefficient (Wildman–Crippen LogP) is 5.67. The van der Waals surface area contributed by atoms with Gasteiger partial charge in [-0.2, -0.15) is 0 Å². The summed E-state index contributed by atoms with van der Waals surface area (Å²) in [5.41, 5.74) is 8.91. The summed E-state index contributed by atoms with van der Waals surface area (Å²) in [6.07, 6.45) is 7.63. The average molecular weight is 393 g/mol. The Bertz CT molecular complexity index is 1270. The maximum Gasteiger partial charge on any atom is 0.160 e. The van der Waals surface area contributed by atoms with Gasteiger partial charge in [0.2, 0.25) is 0 Å². The van der Waals surface area contributed by atoms with Crippen molar-refractivity contribution in [3.05, 3.63) is 90.3 Å². The van der Waals surface area contributed by atoms with E-state index in [1.807, 2.05) is 24.7 Å². The molecule has 0 bridgehead atoms. The first-order valence-corrected chi connectivity index (χ1v) is 10.1. The fourth-order valence-electron chi connectivity index (χ4n) is 3.68. The molecule has 1 atom stereocenters. The van der Waals surface area contributed by atoms with E-state index in [4.69, 9.17) is 9.97 Å². The first-order chi connectivity index (χ1) is 14.6. The zero-order chi connectivity index (χ0) is 20.7. The van der Waals surface area contributed by atoms with Crippen molar-refractivity contribution in [2.75, 3.05) is 0 Å². The van der Waals surface area contributed by atoms with Crippen molar-refractivity contribution in [3.63, 3.8) is 0 Å². The van der Waals surface area contributed by atoms with E-state index >= 15 is 0 Å². The second-order valence-corrected chi connectivity index (χ2v) is 7.77. The summed E-state index contributed by atoms with van der Waals surface area (Å²) in [6.45, 7) is 6.41. The molecule has 5 heteroatoms. The van der Waals surface area contributed by atoms with Crippen molar-refractivity contribution >= 4 is 0 Å². The van der Waals surface area contributed by atoms with Crippen LogP contribution in [0.4, 0.5) is 0 Å². The van der Waals surface area contributed by atoms with Gasteiger partial charge in [0.15, 0.2) is 5.82 Å². The van der Waals surface area contributed by atoms with Gasteiger partial charge in [-0.25, -0.2) is 15.0 Å². The van der Waals surface area contributed by atoms with Crippen LogP contribution in [0.2, 0.25) is 0 Å². The Labute approximate surface area is 175 Å². The molecule has 148 valence electrons. The minimum absolute atomic E-state index is 0.147. The molecule has 3 heterocycles. The highest BCUT2D eigenvalue weighted by atomic mass is 15.0. The maximum absolute atomic E-state index is 4.78. The lowest BCUT2D eigenvalue weighted by Crippen LogP contribution is -2.07.